The number of carboxylic acids is 1. The maximum absolute atomic E-state index is 11.3. The van der Waals surface area contributed by atoms with Crippen LogP contribution < -0.4 is 10.6 Å². The van der Waals surface area contributed by atoms with E-state index in [9.17, 15) is 9.90 Å². The molecule has 1 aromatic heterocycles. The van der Waals surface area contributed by atoms with Crippen LogP contribution in [-0.2, 0) is 0 Å². The second-order valence-electron chi connectivity index (χ2n) is 4.83. The first-order valence-electron chi connectivity index (χ1n) is 6.35. The van der Waals surface area contributed by atoms with Crippen molar-refractivity contribution in [2.75, 3.05) is 23.7 Å². The number of aromatic nitrogens is 1. The molecule has 3 N–H and O–H groups in total. The zero-order valence-corrected chi connectivity index (χ0v) is 10.6. The van der Waals surface area contributed by atoms with E-state index >= 15 is 0 Å². The number of nitrogens with two attached hydrogens (primary N) is 1. The Balaban J connectivity index is 2.29. The number of hydrogen-bond acceptors (Lipinski definition) is 4. The molecule has 1 heterocycles. The van der Waals surface area contributed by atoms with Gasteiger partial charge in [0.05, 0.1) is 11.9 Å². The first kappa shape index (κ1) is 12.7. The Morgan fingerprint density at radius 2 is 2.33 bits per heavy atom. The monoisotopic (exact) mass is 249 g/mol. The number of hydrogen-bond donors (Lipinski definition) is 2. The molecule has 1 saturated carbocycles. The molecule has 98 valence electrons. The smallest absolute Gasteiger partial charge is 0.339 e. The summed E-state index contributed by atoms with van der Waals surface area (Å²) in [6.07, 6.45) is 4.96. The molecular weight excluding hydrogens is 230 g/mol. The summed E-state index contributed by atoms with van der Waals surface area (Å²) >= 11 is 0. The third-order valence-electron chi connectivity index (χ3n) is 3.09. The van der Waals surface area contributed by atoms with Crippen molar-refractivity contribution in [3.8, 4) is 0 Å². The van der Waals surface area contributed by atoms with Crippen molar-refractivity contribution in [1.29, 1.82) is 0 Å². The maximum atomic E-state index is 11.3. The average molecular weight is 249 g/mol. The van der Waals surface area contributed by atoms with Crippen molar-refractivity contribution in [3.05, 3.63) is 17.8 Å². The van der Waals surface area contributed by atoms with Gasteiger partial charge in [-0.3, -0.25) is 0 Å². The number of carbonyl (C=O) groups is 1. The standard InChI is InChI=1S/C13H19N3O2/c1-2-5-16(8-9-3-4-9)12-11(13(17)18)6-10(14)7-15-12/h6-7,9H,2-5,8,14H2,1H3,(H,17,18). The molecule has 18 heavy (non-hydrogen) atoms. The summed E-state index contributed by atoms with van der Waals surface area (Å²) in [5.41, 5.74) is 6.19. The normalized spacial score (nSPS) is 14.5. The average Bonchev–Trinajstić information content (AvgIpc) is 3.12. The van der Waals surface area contributed by atoms with Gasteiger partial charge in [-0.05, 0) is 31.2 Å². The molecule has 1 aliphatic rings. The molecule has 0 spiro atoms. The van der Waals surface area contributed by atoms with Crippen LogP contribution in [0.2, 0.25) is 0 Å². The van der Waals surface area contributed by atoms with Gasteiger partial charge in [0.2, 0.25) is 0 Å². The first-order chi connectivity index (χ1) is 8.61. The number of carboxylic acid groups (broad SMARTS) is 1. The quantitative estimate of drug-likeness (QED) is 0.806. The SMILES string of the molecule is CCCN(CC1CC1)c1ncc(N)cc1C(=O)O. The lowest BCUT2D eigenvalue weighted by atomic mass is 10.2. The zero-order valence-electron chi connectivity index (χ0n) is 10.6. The number of rotatable bonds is 6. The van der Waals surface area contributed by atoms with Crippen LogP contribution in [0.3, 0.4) is 0 Å². The van der Waals surface area contributed by atoms with E-state index in [-0.39, 0.29) is 5.56 Å². The van der Waals surface area contributed by atoms with E-state index in [2.05, 4.69) is 16.8 Å². The highest BCUT2D eigenvalue weighted by atomic mass is 16.4. The zero-order chi connectivity index (χ0) is 13.1. The van der Waals surface area contributed by atoms with Crippen LogP contribution in [0.25, 0.3) is 0 Å². The summed E-state index contributed by atoms with van der Waals surface area (Å²) in [7, 11) is 0. The van der Waals surface area contributed by atoms with Gasteiger partial charge in [-0.1, -0.05) is 6.92 Å². The largest absolute Gasteiger partial charge is 0.478 e. The lowest BCUT2D eigenvalue weighted by Gasteiger charge is -2.24. The molecule has 1 aliphatic carbocycles. The first-order valence-corrected chi connectivity index (χ1v) is 6.35. The van der Waals surface area contributed by atoms with Crippen LogP contribution in [0.1, 0.15) is 36.5 Å². The highest BCUT2D eigenvalue weighted by Crippen LogP contribution is 2.32. The molecule has 2 rings (SSSR count). The highest BCUT2D eigenvalue weighted by Gasteiger charge is 2.26. The maximum Gasteiger partial charge on any atom is 0.339 e. The Kier molecular flexibility index (Phi) is 3.69. The van der Waals surface area contributed by atoms with E-state index in [1.165, 1.54) is 25.1 Å². The number of anilines is 2. The Bertz CT molecular complexity index is 444. The molecule has 0 bridgehead atoms. The van der Waals surface area contributed by atoms with E-state index in [0.29, 0.717) is 17.4 Å². The minimum atomic E-state index is -0.971. The molecule has 1 fully saturated rings. The lowest BCUT2D eigenvalue weighted by Crippen LogP contribution is -2.29. The number of aromatic carboxylic acids is 1. The Labute approximate surface area is 107 Å². The predicted molar refractivity (Wildman–Crippen MR) is 70.8 cm³/mol. The second-order valence-corrected chi connectivity index (χ2v) is 4.83. The Hall–Kier alpha value is -1.78. The van der Waals surface area contributed by atoms with Gasteiger partial charge < -0.3 is 15.7 Å². The van der Waals surface area contributed by atoms with E-state index < -0.39 is 5.97 Å². The van der Waals surface area contributed by atoms with E-state index in [0.717, 1.165) is 19.5 Å². The fourth-order valence-electron chi connectivity index (χ4n) is 2.05. The minimum Gasteiger partial charge on any atom is -0.478 e. The van der Waals surface area contributed by atoms with Crippen LogP contribution in [-0.4, -0.2) is 29.1 Å². The summed E-state index contributed by atoms with van der Waals surface area (Å²) in [4.78, 5) is 17.6. The van der Waals surface area contributed by atoms with Gasteiger partial charge in [0.15, 0.2) is 0 Å². The van der Waals surface area contributed by atoms with Crippen molar-refractivity contribution in [2.45, 2.75) is 26.2 Å². The van der Waals surface area contributed by atoms with Gasteiger partial charge in [0, 0.05) is 13.1 Å². The second kappa shape index (κ2) is 5.25. The van der Waals surface area contributed by atoms with Crippen LogP contribution >= 0.6 is 0 Å². The van der Waals surface area contributed by atoms with Crippen molar-refractivity contribution >= 4 is 17.5 Å². The number of nitrogens with zero attached hydrogens (tertiary/aromatic N) is 2. The molecule has 0 atom stereocenters. The van der Waals surface area contributed by atoms with Crippen molar-refractivity contribution in [3.63, 3.8) is 0 Å². The predicted octanol–water partition coefficient (Wildman–Crippen LogP) is 1.99. The molecule has 0 aromatic carbocycles. The highest BCUT2D eigenvalue weighted by molar-refractivity contribution is 5.94. The van der Waals surface area contributed by atoms with E-state index in [1.807, 2.05) is 0 Å². The molecule has 0 unspecified atom stereocenters. The van der Waals surface area contributed by atoms with Crippen LogP contribution in [0.4, 0.5) is 11.5 Å². The topological polar surface area (TPSA) is 79.5 Å². The molecule has 0 amide bonds. The Morgan fingerprint density at radius 3 is 2.89 bits per heavy atom. The molecule has 5 heteroatoms. The molecule has 5 nitrogen and oxygen atoms in total. The van der Waals surface area contributed by atoms with Crippen LogP contribution in [0, 0.1) is 5.92 Å². The molecule has 0 aliphatic heterocycles. The summed E-state index contributed by atoms with van der Waals surface area (Å²) in [6, 6.07) is 1.49. The van der Waals surface area contributed by atoms with Crippen molar-refractivity contribution in [1.82, 2.24) is 4.98 Å². The molecule has 0 radical (unpaired) electrons. The van der Waals surface area contributed by atoms with Crippen LogP contribution in [0.15, 0.2) is 12.3 Å². The fourth-order valence-corrected chi connectivity index (χ4v) is 2.05. The molecule has 1 aromatic rings. The van der Waals surface area contributed by atoms with Gasteiger partial charge in [0.1, 0.15) is 11.4 Å². The summed E-state index contributed by atoms with van der Waals surface area (Å²) in [5, 5.41) is 9.23. The third kappa shape index (κ3) is 2.91. The van der Waals surface area contributed by atoms with Gasteiger partial charge in [-0.2, -0.15) is 0 Å². The minimum absolute atomic E-state index is 0.198. The third-order valence-corrected chi connectivity index (χ3v) is 3.09. The Morgan fingerprint density at radius 1 is 1.61 bits per heavy atom. The molecular formula is C13H19N3O2. The van der Waals surface area contributed by atoms with Crippen LogP contribution in [0.5, 0.6) is 0 Å². The van der Waals surface area contributed by atoms with Gasteiger partial charge in [-0.15, -0.1) is 0 Å². The number of nitrogen functional groups attached to an aromatic ring is 1. The number of pyridine rings is 1. The summed E-state index contributed by atoms with van der Waals surface area (Å²) in [5.74, 6) is 0.268. The van der Waals surface area contributed by atoms with E-state index in [1.54, 1.807) is 0 Å². The van der Waals surface area contributed by atoms with E-state index in [4.69, 9.17) is 5.73 Å². The lowest BCUT2D eigenvalue weighted by molar-refractivity contribution is 0.0697. The van der Waals surface area contributed by atoms with Gasteiger partial charge in [-0.25, -0.2) is 9.78 Å². The summed E-state index contributed by atoms with van der Waals surface area (Å²) < 4.78 is 0. The van der Waals surface area contributed by atoms with Crippen molar-refractivity contribution < 1.29 is 9.90 Å². The van der Waals surface area contributed by atoms with Crippen molar-refractivity contribution in [2.24, 2.45) is 5.92 Å². The fraction of sp³-hybridized carbons (Fsp3) is 0.538. The van der Waals surface area contributed by atoms with Gasteiger partial charge in [0.25, 0.3) is 0 Å². The van der Waals surface area contributed by atoms with Gasteiger partial charge >= 0.3 is 5.97 Å². The molecule has 0 saturated heterocycles. The summed E-state index contributed by atoms with van der Waals surface area (Å²) in [6.45, 7) is 3.80.